The molecule has 1 aromatic heterocycles. The molecule has 1 heterocycles. The third-order valence-electron chi connectivity index (χ3n) is 3.25. The summed E-state index contributed by atoms with van der Waals surface area (Å²) in [6.07, 6.45) is 1.49. The van der Waals surface area contributed by atoms with E-state index in [-0.39, 0.29) is 5.41 Å². The largest absolute Gasteiger partial charge is 0.493 e. The van der Waals surface area contributed by atoms with Gasteiger partial charge in [-0.15, -0.1) is 0 Å². The summed E-state index contributed by atoms with van der Waals surface area (Å²) in [7, 11) is 3.19. The molecule has 0 saturated heterocycles. The molecule has 0 bridgehead atoms. The van der Waals surface area contributed by atoms with Gasteiger partial charge in [0.2, 0.25) is 0 Å². The Balaban J connectivity index is 2.65. The van der Waals surface area contributed by atoms with Crippen LogP contribution in [0.1, 0.15) is 32.2 Å². The van der Waals surface area contributed by atoms with Crippen LogP contribution in [0.15, 0.2) is 24.4 Å². The zero-order valence-electron chi connectivity index (χ0n) is 13.5. The van der Waals surface area contributed by atoms with Crippen LogP contribution in [0.4, 0.5) is 0 Å². The van der Waals surface area contributed by atoms with Crippen LogP contribution >= 0.6 is 0 Å². The van der Waals surface area contributed by atoms with Crippen molar-refractivity contribution < 1.29 is 9.47 Å². The highest BCUT2D eigenvalue weighted by atomic mass is 16.5. The van der Waals surface area contributed by atoms with E-state index in [0.29, 0.717) is 17.2 Å². The van der Waals surface area contributed by atoms with Gasteiger partial charge in [0.05, 0.1) is 31.8 Å². The van der Waals surface area contributed by atoms with Crippen LogP contribution in [0.5, 0.6) is 11.5 Å². The number of rotatable bonds is 3. The van der Waals surface area contributed by atoms with Gasteiger partial charge in [-0.1, -0.05) is 20.8 Å². The maximum Gasteiger partial charge on any atom is 0.161 e. The van der Waals surface area contributed by atoms with Crippen LogP contribution in [0, 0.1) is 11.3 Å². The fourth-order valence-corrected chi connectivity index (χ4v) is 2.16. The Morgan fingerprint density at radius 1 is 1.09 bits per heavy atom. The number of benzene rings is 1. The summed E-state index contributed by atoms with van der Waals surface area (Å²) >= 11 is 0. The smallest absolute Gasteiger partial charge is 0.161 e. The molecular formula is C17H19N3O2. The SMILES string of the molecule is COc1ccc(-c2ncc(C#N)nc2C(C)(C)C)cc1OC. The molecule has 5 nitrogen and oxygen atoms in total. The number of hydrogen-bond acceptors (Lipinski definition) is 5. The molecule has 0 fully saturated rings. The highest BCUT2D eigenvalue weighted by molar-refractivity contribution is 5.67. The van der Waals surface area contributed by atoms with Crippen molar-refractivity contribution in [3.05, 3.63) is 35.8 Å². The molecule has 0 atom stereocenters. The second-order valence-corrected chi connectivity index (χ2v) is 5.88. The molecule has 1 aromatic carbocycles. The maximum atomic E-state index is 9.05. The van der Waals surface area contributed by atoms with Crippen LogP contribution in [0.25, 0.3) is 11.3 Å². The summed E-state index contributed by atoms with van der Waals surface area (Å²) in [6, 6.07) is 7.65. The normalized spacial score (nSPS) is 10.9. The fraction of sp³-hybridized carbons (Fsp3) is 0.353. The van der Waals surface area contributed by atoms with E-state index < -0.39 is 0 Å². The zero-order valence-corrected chi connectivity index (χ0v) is 13.5. The average molecular weight is 297 g/mol. The standard InChI is InChI=1S/C17H19N3O2/c1-17(2,3)16-15(19-10-12(9-18)20-16)11-6-7-13(21-4)14(8-11)22-5/h6-8,10H,1-5H3. The van der Waals surface area contributed by atoms with Gasteiger partial charge in [-0.05, 0) is 18.2 Å². The summed E-state index contributed by atoms with van der Waals surface area (Å²) in [5, 5.41) is 9.05. The lowest BCUT2D eigenvalue weighted by atomic mass is 9.88. The number of hydrogen-bond donors (Lipinski definition) is 0. The van der Waals surface area contributed by atoms with Crippen molar-refractivity contribution in [3.8, 4) is 28.8 Å². The van der Waals surface area contributed by atoms with Crippen LogP contribution in [-0.2, 0) is 5.41 Å². The minimum Gasteiger partial charge on any atom is -0.493 e. The van der Waals surface area contributed by atoms with Gasteiger partial charge >= 0.3 is 0 Å². The first-order chi connectivity index (χ1) is 10.4. The molecule has 114 valence electrons. The van der Waals surface area contributed by atoms with Crippen LogP contribution in [0.3, 0.4) is 0 Å². The monoisotopic (exact) mass is 297 g/mol. The lowest BCUT2D eigenvalue weighted by Crippen LogP contribution is -2.17. The predicted octanol–water partition coefficient (Wildman–Crippen LogP) is 3.33. The minimum atomic E-state index is -0.234. The molecule has 2 aromatic rings. The lowest BCUT2D eigenvalue weighted by molar-refractivity contribution is 0.355. The first kappa shape index (κ1) is 15.8. The molecule has 0 radical (unpaired) electrons. The van der Waals surface area contributed by atoms with Crippen molar-refractivity contribution in [2.24, 2.45) is 0 Å². The first-order valence-corrected chi connectivity index (χ1v) is 6.90. The van der Waals surface area contributed by atoms with Crippen molar-refractivity contribution in [2.75, 3.05) is 14.2 Å². The maximum absolute atomic E-state index is 9.05. The van der Waals surface area contributed by atoms with Gasteiger partial charge in [-0.25, -0.2) is 4.98 Å². The van der Waals surface area contributed by atoms with Gasteiger partial charge < -0.3 is 9.47 Å². The molecule has 22 heavy (non-hydrogen) atoms. The van der Waals surface area contributed by atoms with Crippen LogP contribution in [-0.4, -0.2) is 24.2 Å². The van der Waals surface area contributed by atoms with Gasteiger partial charge in [0.1, 0.15) is 6.07 Å². The second-order valence-electron chi connectivity index (χ2n) is 5.88. The average Bonchev–Trinajstić information content (AvgIpc) is 2.52. The van der Waals surface area contributed by atoms with E-state index in [1.165, 1.54) is 6.20 Å². The molecule has 0 aliphatic rings. The predicted molar refractivity (Wildman–Crippen MR) is 84.0 cm³/mol. The van der Waals surface area contributed by atoms with Crippen molar-refractivity contribution in [2.45, 2.75) is 26.2 Å². The molecule has 0 unspecified atom stereocenters. The van der Waals surface area contributed by atoms with Gasteiger partial charge in [-0.3, -0.25) is 4.98 Å². The number of nitrogens with zero attached hydrogens (tertiary/aromatic N) is 3. The number of nitriles is 1. The molecule has 0 N–H and O–H groups in total. The van der Waals surface area contributed by atoms with E-state index in [4.69, 9.17) is 14.7 Å². The van der Waals surface area contributed by atoms with E-state index >= 15 is 0 Å². The van der Waals surface area contributed by atoms with Crippen LogP contribution in [0.2, 0.25) is 0 Å². The van der Waals surface area contributed by atoms with E-state index in [1.54, 1.807) is 14.2 Å². The summed E-state index contributed by atoms with van der Waals surface area (Å²) in [6.45, 7) is 6.13. The highest BCUT2D eigenvalue weighted by Crippen LogP contribution is 2.35. The first-order valence-electron chi connectivity index (χ1n) is 6.90. The van der Waals surface area contributed by atoms with Gasteiger partial charge in [-0.2, -0.15) is 5.26 Å². The Bertz CT molecular complexity index is 728. The lowest BCUT2D eigenvalue weighted by Gasteiger charge is -2.21. The van der Waals surface area contributed by atoms with Crippen molar-refractivity contribution in [1.82, 2.24) is 9.97 Å². The van der Waals surface area contributed by atoms with E-state index in [9.17, 15) is 0 Å². The minimum absolute atomic E-state index is 0.234. The quantitative estimate of drug-likeness (QED) is 0.869. The molecule has 0 saturated carbocycles. The fourth-order valence-electron chi connectivity index (χ4n) is 2.16. The molecule has 5 heteroatoms. The third-order valence-corrected chi connectivity index (χ3v) is 3.25. The summed E-state index contributed by atoms with van der Waals surface area (Å²) < 4.78 is 10.6. The van der Waals surface area contributed by atoms with E-state index in [2.05, 4.69) is 9.97 Å². The third kappa shape index (κ3) is 3.01. The molecule has 0 aliphatic heterocycles. The van der Waals surface area contributed by atoms with Crippen molar-refractivity contribution >= 4 is 0 Å². The number of methoxy groups -OCH3 is 2. The highest BCUT2D eigenvalue weighted by Gasteiger charge is 2.23. The van der Waals surface area contributed by atoms with Crippen molar-refractivity contribution in [3.63, 3.8) is 0 Å². The van der Waals surface area contributed by atoms with E-state index in [1.807, 2.05) is 45.0 Å². The molecule has 0 spiro atoms. The molecule has 2 rings (SSSR count). The van der Waals surface area contributed by atoms with E-state index in [0.717, 1.165) is 17.0 Å². The molecule has 0 aliphatic carbocycles. The van der Waals surface area contributed by atoms with Crippen molar-refractivity contribution in [1.29, 1.82) is 5.26 Å². The van der Waals surface area contributed by atoms with Gasteiger partial charge in [0, 0.05) is 11.0 Å². The Morgan fingerprint density at radius 3 is 2.32 bits per heavy atom. The topological polar surface area (TPSA) is 68.0 Å². The number of aromatic nitrogens is 2. The molecule has 0 amide bonds. The van der Waals surface area contributed by atoms with Gasteiger partial charge in [0.15, 0.2) is 17.2 Å². The Morgan fingerprint density at radius 2 is 1.77 bits per heavy atom. The van der Waals surface area contributed by atoms with Gasteiger partial charge in [0.25, 0.3) is 0 Å². The zero-order chi connectivity index (χ0) is 16.3. The number of ether oxygens (including phenoxy) is 2. The van der Waals surface area contributed by atoms with Crippen LogP contribution < -0.4 is 9.47 Å². The Hall–Kier alpha value is -2.61. The molecular weight excluding hydrogens is 278 g/mol. The Kier molecular flexibility index (Phi) is 4.32. The second kappa shape index (κ2) is 6.02. The Labute approximate surface area is 130 Å². The summed E-state index contributed by atoms with van der Waals surface area (Å²) in [4.78, 5) is 8.88. The summed E-state index contributed by atoms with van der Waals surface area (Å²) in [5.74, 6) is 1.29. The summed E-state index contributed by atoms with van der Waals surface area (Å²) in [5.41, 5.74) is 2.47.